The van der Waals surface area contributed by atoms with Gasteiger partial charge in [-0.1, -0.05) is 11.3 Å². The molecule has 1 fully saturated rings. The molecule has 2 amide bonds. The number of aromatic nitrogens is 1. The largest absolute Gasteiger partial charge is 0.454 e. The minimum atomic E-state index is 0.0629. The van der Waals surface area contributed by atoms with Gasteiger partial charge in [0, 0.05) is 52.4 Å². The van der Waals surface area contributed by atoms with Crippen LogP contribution in [0.15, 0.2) is 12.1 Å². The highest BCUT2D eigenvalue weighted by Gasteiger charge is 2.27. The molecule has 7 nitrogen and oxygen atoms in total. The molecule has 1 aromatic carbocycles. The zero-order valence-corrected chi connectivity index (χ0v) is 15.5. The average molecular weight is 362 g/mol. The number of urea groups is 1. The van der Waals surface area contributed by atoms with Crippen LogP contribution in [0, 0.1) is 0 Å². The zero-order valence-electron chi connectivity index (χ0n) is 14.7. The summed E-state index contributed by atoms with van der Waals surface area (Å²) in [7, 11) is 5.47. The van der Waals surface area contributed by atoms with E-state index in [0.29, 0.717) is 0 Å². The molecule has 0 spiro atoms. The molecular formula is C17H22N4O3S. The number of thiazole rings is 1. The van der Waals surface area contributed by atoms with Crippen LogP contribution in [0.4, 0.5) is 9.93 Å². The summed E-state index contributed by atoms with van der Waals surface area (Å²) in [6, 6.07) is 4.31. The lowest BCUT2D eigenvalue weighted by Gasteiger charge is -2.37. The Kier molecular flexibility index (Phi) is 4.07. The van der Waals surface area contributed by atoms with Gasteiger partial charge in [0.25, 0.3) is 0 Å². The summed E-state index contributed by atoms with van der Waals surface area (Å²) in [6.07, 6.45) is 1.91. The van der Waals surface area contributed by atoms with E-state index in [9.17, 15) is 4.79 Å². The molecule has 3 heterocycles. The van der Waals surface area contributed by atoms with Gasteiger partial charge in [-0.3, -0.25) is 0 Å². The maximum atomic E-state index is 12.1. The van der Waals surface area contributed by atoms with Gasteiger partial charge in [-0.15, -0.1) is 0 Å². The molecule has 2 aliphatic heterocycles. The molecular weight excluding hydrogens is 340 g/mol. The topological polar surface area (TPSA) is 58.1 Å². The van der Waals surface area contributed by atoms with Crippen molar-refractivity contribution >= 4 is 32.7 Å². The highest BCUT2D eigenvalue weighted by Crippen LogP contribution is 2.40. The molecule has 0 bridgehead atoms. The van der Waals surface area contributed by atoms with Crippen molar-refractivity contribution in [2.24, 2.45) is 0 Å². The Labute approximate surface area is 150 Å². The molecule has 0 aliphatic carbocycles. The summed E-state index contributed by atoms with van der Waals surface area (Å²) in [4.78, 5) is 22.7. The lowest BCUT2D eigenvalue weighted by atomic mass is 10.0. The van der Waals surface area contributed by atoms with E-state index in [1.54, 1.807) is 30.3 Å². The summed E-state index contributed by atoms with van der Waals surface area (Å²) in [6.45, 7) is 2.09. The van der Waals surface area contributed by atoms with Crippen LogP contribution in [-0.2, 0) is 0 Å². The number of amides is 2. The molecule has 0 unspecified atom stereocenters. The lowest BCUT2D eigenvalue weighted by Crippen LogP contribution is -2.48. The Morgan fingerprint density at radius 3 is 2.56 bits per heavy atom. The fourth-order valence-corrected chi connectivity index (χ4v) is 4.38. The van der Waals surface area contributed by atoms with Gasteiger partial charge in [0.05, 0.1) is 10.2 Å². The normalized spacial score (nSPS) is 17.2. The second-order valence-electron chi connectivity index (χ2n) is 6.68. The summed E-state index contributed by atoms with van der Waals surface area (Å²) < 4.78 is 12.0. The SMILES string of the molecule is CN(C)C(=O)N(C)C1CCN(c2nc3cc4c(cc3s2)OCO4)CC1. The van der Waals surface area contributed by atoms with E-state index in [1.165, 1.54) is 0 Å². The highest BCUT2D eigenvalue weighted by molar-refractivity contribution is 7.22. The maximum Gasteiger partial charge on any atom is 0.319 e. The van der Waals surface area contributed by atoms with Gasteiger partial charge < -0.3 is 24.2 Å². The van der Waals surface area contributed by atoms with Crippen LogP contribution in [0.2, 0.25) is 0 Å². The zero-order chi connectivity index (χ0) is 17.6. The third kappa shape index (κ3) is 2.95. The fraction of sp³-hybridized carbons (Fsp3) is 0.529. The van der Waals surface area contributed by atoms with Crippen molar-refractivity contribution in [2.45, 2.75) is 18.9 Å². The fourth-order valence-electron chi connectivity index (χ4n) is 3.36. The van der Waals surface area contributed by atoms with Crippen molar-refractivity contribution in [3.8, 4) is 11.5 Å². The predicted molar refractivity (Wildman–Crippen MR) is 97.8 cm³/mol. The van der Waals surface area contributed by atoms with Crippen LogP contribution in [-0.4, -0.2) is 67.9 Å². The van der Waals surface area contributed by atoms with E-state index in [4.69, 9.17) is 14.5 Å². The number of fused-ring (bicyclic) bond motifs is 2. The molecule has 25 heavy (non-hydrogen) atoms. The van der Waals surface area contributed by atoms with Crippen LogP contribution in [0.1, 0.15) is 12.8 Å². The van der Waals surface area contributed by atoms with E-state index >= 15 is 0 Å². The quantitative estimate of drug-likeness (QED) is 0.822. The second-order valence-corrected chi connectivity index (χ2v) is 7.68. The van der Waals surface area contributed by atoms with Crippen LogP contribution in [0.25, 0.3) is 10.2 Å². The van der Waals surface area contributed by atoms with Crippen molar-refractivity contribution in [3.05, 3.63) is 12.1 Å². The summed E-state index contributed by atoms with van der Waals surface area (Å²) in [5.74, 6) is 1.57. The average Bonchev–Trinajstić information content (AvgIpc) is 3.23. The molecule has 0 atom stereocenters. The first-order valence-electron chi connectivity index (χ1n) is 8.42. The smallest absolute Gasteiger partial charge is 0.319 e. The van der Waals surface area contributed by atoms with Gasteiger partial charge >= 0.3 is 6.03 Å². The van der Waals surface area contributed by atoms with E-state index in [2.05, 4.69) is 4.90 Å². The van der Waals surface area contributed by atoms with Gasteiger partial charge in [-0.25, -0.2) is 9.78 Å². The first-order valence-corrected chi connectivity index (χ1v) is 9.24. The molecule has 0 radical (unpaired) electrons. The molecule has 8 heteroatoms. The van der Waals surface area contributed by atoms with E-state index in [1.807, 2.05) is 24.1 Å². The molecule has 0 N–H and O–H groups in total. The van der Waals surface area contributed by atoms with Crippen molar-refractivity contribution in [1.29, 1.82) is 0 Å². The number of hydrogen-bond donors (Lipinski definition) is 0. The Balaban J connectivity index is 1.46. The number of piperidine rings is 1. The molecule has 0 saturated carbocycles. The number of carbonyl (C=O) groups excluding carboxylic acids is 1. The van der Waals surface area contributed by atoms with Gasteiger partial charge in [0.1, 0.15) is 0 Å². The van der Waals surface area contributed by atoms with Crippen LogP contribution in [0.5, 0.6) is 11.5 Å². The number of carbonyl (C=O) groups is 1. The number of benzene rings is 1. The molecule has 1 aromatic heterocycles. The first kappa shape index (κ1) is 16.3. The van der Waals surface area contributed by atoms with E-state index in [-0.39, 0.29) is 18.9 Å². The standard InChI is InChI=1S/C17H22N4O3S/c1-19(2)17(22)20(3)11-4-6-21(7-5-11)16-18-12-8-13-14(24-10-23-13)9-15(12)25-16/h8-9,11H,4-7,10H2,1-3H3. The predicted octanol–water partition coefficient (Wildman–Crippen LogP) is 2.61. The van der Waals surface area contributed by atoms with Crippen molar-refractivity contribution in [2.75, 3.05) is 45.9 Å². The van der Waals surface area contributed by atoms with Gasteiger partial charge in [-0.05, 0) is 12.8 Å². The Morgan fingerprint density at radius 2 is 1.88 bits per heavy atom. The number of rotatable bonds is 2. The van der Waals surface area contributed by atoms with Gasteiger partial charge in [0.15, 0.2) is 16.6 Å². The third-order valence-corrected chi connectivity index (χ3v) is 5.92. The minimum absolute atomic E-state index is 0.0629. The van der Waals surface area contributed by atoms with Gasteiger partial charge in [-0.2, -0.15) is 0 Å². The highest BCUT2D eigenvalue weighted by atomic mass is 32.1. The molecule has 134 valence electrons. The molecule has 2 aliphatic rings. The second kappa shape index (κ2) is 6.25. The number of anilines is 1. The minimum Gasteiger partial charge on any atom is -0.454 e. The summed E-state index contributed by atoms with van der Waals surface area (Å²) >= 11 is 1.68. The Hall–Kier alpha value is -2.22. The number of hydrogen-bond acceptors (Lipinski definition) is 6. The van der Waals surface area contributed by atoms with Crippen LogP contribution >= 0.6 is 11.3 Å². The summed E-state index contributed by atoms with van der Waals surface area (Å²) in [5, 5.41) is 1.03. The first-order chi connectivity index (χ1) is 12.0. The van der Waals surface area contributed by atoms with Crippen molar-refractivity contribution in [3.63, 3.8) is 0 Å². The molecule has 4 rings (SSSR count). The van der Waals surface area contributed by atoms with Crippen LogP contribution in [0.3, 0.4) is 0 Å². The number of nitrogens with zero attached hydrogens (tertiary/aromatic N) is 4. The Morgan fingerprint density at radius 1 is 1.20 bits per heavy atom. The molecule has 2 aromatic rings. The van der Waals surface area contributed by atoms with Crippen molar-refractivity contribution in [1.82, 2.24) is 14.8 Å². The monoisotopic (exact) mass is 362 g/mol. The summed E-state index contributed by atoms with van der Waals surface area (Å²) in [5.41, 5.74) is 0.950. The number of ether oxygens (including phenoxy) is 2. The maximum absolute atomic E-state index is 12.1. The molecule has 1 saturated heterocycles. The van der Waals surface area contributed by atoms with Gasteiger partial charge in [0.2, 0.25) is 6.79 Å². The van der Waals surface area contributed by atoms with Crippen LogP contribution < -0.4 is 14.4 Å². The third-order valence-electron chi connectivity index (χ3n) is 4.84. The Bertz CT molecular complexity index is 758. The van der Waals surface area contributed by atoms with Crippen molar-refractivity contribution < 1.29 is 14.3 Å². The van der Waals surface area contributed by atoms with E-state index in [0.717, 1.165) is 52.8 Å². The van der Waals surface area contributed by atoms with E-state index < -0.39 is 0 Å². The lowest BCUT2D eigenvalue weighted by molar-refractivity contribution is 0.155.